The van der Waals surface area contributed by atoms with Gasteiger partial charge in [-0.15, -0.1) is 0 Å². The lowest BCUT2D eigenvalue weighted by Crippen LogP contribution is -2.37. The molecule has 1 heterocycles. The van der Waals surface area contributed by atoms with Crippen molar-refractivity contribution in [2.75, 3.05) is 0 Å². The fraction of sp³-hybridized carbons (Fsp3) is 0.667. The first-order chi connectivity index (χ1) is 14.4. The van der Waals surface area contributed by atoms with Crippen molar-refractivity contribution in [1.29, 1.82) is 0 Å². The molecule has 0 amide bonds. The third-order valence-corrected chi connectivity index (χ3v) is 6.05. The maximum absolute atomic E-state index is 2.51. The van der Waals surface area contributed by atoms with E-state index < -0.39 is 0 Å². The van der Waals surface area contributed by atoms with Crippen LogP contribution in [0.1, 0.15) is 110 Å². The van der Waals surface area contributed by atoms with Gasteiger partial charge in [-0.05, 0) is 31.4 Å². The summed E-state index contributed by atoms with van der Waals surface area (Å²) in [4.78, 5) is 0. The molecule has 0 bridgehead atoms. The molecule has 2 rings (SSSR count). The molecule has 2 aromatic rings. The predicted molar refractivity (Wildman–Crippen MR) is 126 cm³/mol. The summed E-state index contributed by atoms with van der Waals surface area (Å²) in [5.41, 5.74) is 1.29. The van der Waals surface area contributed by atoms with E-state index >= 15 is 0 Å². The zero-order valence-electron chi connectivity index (χ0n) is 19.2. The molecule has 0 saturated carbocycles. The van der Waals surface area contributed by atoms with Crippen molar-refractivity contribution in [3.05, 3.63) is 48.5 Å². The molecule has 0 N–H and O–H groups in total. The Labute approximate surface area is 180 Å². The number of aromatic nitrogens is 2. The lowest BCUT2D eigenvalue weighted by atomic mass is 10.1. The number of benzene rings is 1. The quantitative estimate of drug-likeness (QED) is 0.190. The van der Waals surface area contributed by atoms with E-state index in [1.165, 1.54) is 108 Å². The summed E-state index contributed by atoms with van der Waals surface area (Å²) in [5, 5.41) is 0. The van der Waals surface area contributed by atoms with Gasteiger partial charge in [0.1, 0.15) is 18.1 Å². The van der Waals surface area contributed by atoms with E-state index in [-0.39, 0.29) is 0 Å². The molecule has 0 saturated heterocycles. The van der Waals surface area contributed by atoms with Gasteiger partial charge < -0.3 is 0 Å². The van der Waals surface area contributed by atoms with Gasteiger partial charge in [-0.2, -0.15) is 4.57 Å². The van der Waals surface area contributed by atoms with Gasteiger partial charge in [-0.1, -0.05) is 103 Å². The molecular weight excluding hydrogens is 352 g/mol. The fourth-order valence-corrected chi connectivity index (χ4v) is 4.23. The molecular formula is C27H45N2+. The van der Waals surface area contributed by atoms with Crippen molar-refractivity contribution in [2.45, 2.75) is 117 Å². The highest BCUT2D eigenvalue weighted by atomic mass is 15.1. The second-order valence-corrected chi connectivity index (χ2v) is 8.61. The molecule has 162 valence electrons. The molecule has 29 heavy (non-hydrogen) atoms. The molecule has 2 nitrogen and oxygen atoms in total. The first-order valence-corrected chi connectivity index (χ1v) is 12.5. The number of hydrogen-bond donors (Lipinski definition) is 0. The van der Waals surface area contributed by atoms with Gasteiger partial charge in [0.05, 0.1) is 6.54 Å². The van der Waals surface area contributed by atoms with Gasteiger partial charge in [0.25, 0.3) is 5.82 Å². The Hall–Kier alpha value is -1.57. The Kier molecular flexibility index (Phi) is 12.5. The number of nitrogens with zero attached hydrogens (tertiary/aromatic N) is 2. The van der Waals surface area contributed by atoms with E-state index in [0.717, 1.165) is 6.54 Å². The maximum Gasteiger partial charge on any atom is 0.261 e. The van der Waals surface area contributed by atoms with Crippen LogP contribution in [0.25, 0.3) is 5.69 Å². The summed E-state index contributed by atoms with van der Waals surface area (Å²) < 4.78 is 4.92. The van der Waals surface area contributed by atoms with E-state index in [2.05, 4.69) is 65.7 Å². The third kappa shape index (κ3) is 9.19. The van der Waals surface area contributed by atoms with Crippen LogP contribution in [0.5, 0.6) is 0 Å². The smallest absolute Gasteiger partial charge is 0.234 e. The molecule has 1 aromatic heterocycles. The van der Waals surface area contributed by atoms with Crippen molar-refractivity contribution in [2.24, 2.45) is 0 Å². The van der Waals surface area contributed by atoms with Crippen LogP contribution in [0.3, 0.4) is 0 Å². The lowest BCUT2D eigenvalue weighted by molar-refractivity contribution is -0.704. The number of rotatable bonds is 17. The summed E-state index contributed by atoms with van der Waals surface area (Å²) in [5.74, 6) is 1.48. The highest BCUT2D eigenvalue weighted by Crippen LogP contribution is 2.15. The Morgan fingerprint density at radius 1 is 0.655 bits per heavy atom. The van der Waals surface area contributed by atoms with Gasteiger partial charge >= 0.3 is 0 Å². The summed E-state index contributed by atoms with van der Waals surface area (Å²) in [6, 6.07) is 10.8. The fourth-order valence-electron chi connectivity index (χ4n) is 4.23. The van der Waals surface area contributed by atoms with E-state index in [4.69, 9.17) is 0 Å². The molecule has 0 fully saturated rings. The van der Waals surface area contributed by atoms with Crippen molar-refractivity contribution < 1.29 is 4.57 Å². The number of aryl methyl sites for hydroxylation is 1. The summed E-state index contributed by atoms with van der Waals surface area (Å²) >= 11 is 0. The van der Waals surface area contributed by atoms with Crippen molar-refractivity contribution in [3.63, 3.8) is 0 Å². The van der Waals surface area contributed by atoms with Crippen LogP contribution in [-0.2, 0) is 13.0 Å². The highest BCUT2D eigenvalue weighted by molar-refractivity contribution is 5.31. The van der Waals surface area contributed by atoms with Gasteiger partial charge in [-0.25, -0.2) is 4.57 Å². The van der Waals surface area contributed by atoms with Crippen LogP contribution >= 0.6 is 0 Å². The Morgan fingerprint density at radius 3 is 1.83 bits per heavy atom. The Morgan fingerprint density at radius 2 is 1.21 bits per heavy atom. The molecule has 0 atom stereocenters. The van der Waals surface area contributed by atoms with Crippen LogP contribution < -0.4 is 4.57 Å². The molecule has 1 aromatic carbocycles. The topological polar surface area (TPSA) is 8.81 Å². The molecule has 0 aliphatic rings. The van der Waals surface area contributed by atoms with Crippen LogP contribution in [-0.4, -0.2) is 4.57 Å². The third-order valence-electron chi connectivity index (χ3n) is 6.05. The zero-order valence-corrected chi connectivity index (χ0v) is 19.2. The first kappa shape index (κ1) is 23.7. The largest absolute Gasteiger partial charge is 0.261 e. The van der Waals surface area contributed by atoms with Crippen molar-refractivity contribution in [3.8, 4) is 5.69 Å². The monoisotopic (exact) mass is 397 g/mol. The molecule has 2 heteroatoms. The normalized spacial score (nSPS) is 11.2. The van der Waals surface area contributed by atoms with Crippen LogP contribution in [0.4, 0.5) is 0 Å². The lowest BCUT2D eigenvalue weighted by Gasteiger charge is -2.06. The summed E-state index contributed by atoms with van der Waals surface area (Å²) in [7, 11) is 0. The van der Waals surface area contributed by atoms with E-state index in [1.807, 2.05) is 0 Å². The maximum atomic E-state index is 2.51. The molecule has 0 unspecified atom stereocenters. The molecule has 0 aliphatic heterocycles. The number of hydrogen-bond acceptors (Lipinski definition) is 0. The Balaban J connectivity index is 1.79. The van der Waals surface area contributed by atoms with E-state index in [1.54, 1.807) is 0 Å². The van der Waals surface area contributed by atoms with E-state index in [9.17, 15) is 0 Å². The number of unbranched alkanes of at least 4 members (excludes halogenated alkanes) is 12. The second-order valence-electron chi connectivity index (χ2n) is 8.61. The van der Waals surface area contributed by atoms with Gasteiger partial charge in [0.15, 0.2) is 0 Å². The SMILES string of the molecule is CCCCCCCCCCCCc1n(-c2ccccc2)cc[n+]1CCCCCC. The molecule has 0 aliphatic carbocycles. The minimum Gasteiger partial charge on any atom is -0.234 e. The average molecular weight is 398 g/mol. The van der Waals surface area contributed by atoms with Gasteiger partial charge in [-0.3, -0.25) is 0 Å². The van der Waals surface area contributed by atoms with Crippen molar-refractivity contribution >= 4 is 0 Å². The van der Waals surface area contributed by atoms with Crippen LogP contribution in [0.15, 0.2) is 42.7 Å². The minimum absolute atomic E-state index is 1.16. The first-order valence-electron chi connectivity index (χ1n) is 12.5. The number of imidazole rings is 1. The van der Waals surface area contributed by atoms with Crippen molar-refractivity contribution in [1.82, 2.24) is 4.57 Å². The Bertz CT molecular complexity index is 629. The summed E-state index contributed by atoms with van der Waals surface area (Å²) in [6.45, 7) is 5.74. The average Bonchev–Trinajstić information content (AvgIpc) is 3.16. The minimum atomic E-state index is 1.16. The highest BCUT2D eigenvalue weighted by Gasteiger charge is 2.18. The van der Waals surface area contributed by atoms with E-state index in [0.29, 0.717) is 0 Å². The summed E-state index contributed by atoms with van der Waals surface area (Å²) in [6.07, 6.45) is 25.1. The molecule has 0 radical (unpaired) electrons. The molecule has 0 spiro atoms. The van der Waals surface area contributed by atoms with Gasteiger partial charge in [0, 0.05) is 6.42 Å². The van der Waals surface area contributed by atoms with Crippen LogP contribution in [0.2, 0.25) is 0 Å². The van der Waals surface area contributed by atoms with Crippen LogP contribution in [0, 0.1) is 0 Å². The van der Waals surface area contributed by atoms with Gasteiger partial charge in [0.2, 0.25) is 0 Å². The number of para-hydroxylation sites is 1. The predicted octanol–water partition coefficient (Wildman–Crippen LogP) is 7.81. The zero-order chi connectivity index (χ0) is 20.6. The second kappa shape index (κ2) is 15.3. The standard InChI is InChI=1S/C27H45N2/c1-3-5-7-9-10-11-12-13-14-18-22-27-28(23-19-8-6-4-2)24-25-29(27)26-20-16-15-17-21-26/h15-17,20-21,24-25H,3-14,18-19,22-23H2,1-2H3/q+1.